The fourth-order valence-electron chi connectivity index (χ4n) is 3.42. The van der Waals surface area contributed by atoms with Gasteiger partial charge in [0.15, 0.2) is 6.10 Å². The van der Waals surface area contributed by atoms with Crippen molar-refractivity contribution >= 4 is 23.5 Å². The number of nitrogens with zero attached hydrogens (tertiary/aromatic N) is 2. The summed E-state index contributed by atoms with van der Waals surface area (Å²) in [6, 6.07) is 18.0. The quantitative estimate of drug-likeness (QED) is 0.745. The Morgan fingerprint density at radius 1 is 1.13 bits per heavy atom. The van der Waals surface area contributed by atoms with E-state index < -0.39 is 23.9 Å². The van der Waals surface area contributed by atoms with Crippen LogP contribution in [0.15, 0.2) is 54.6 Å². The monoisotopic (exact) mass is 405 g/mol. The minimum absolute atomic E-state index is 0.0572. The molecule has 7 nitrogen and oxygen atoms in total. The smallest absolute Gasteiger partial charge is 0.312 e. The van der Waals surface area contributed by atoms with Crippen LogP contribution in [0, 0.1) is 17.2 Å². The lowest BCUT2D eigenvalue weighted by atomic mass is 10.1. The van der Waals surface area contributed by atoms with Crippen molar-refractivity contribution in [1.29, 1.82) is 5.26 Å². The first kappa shape index (κ1) is 21.1. The zero-order valence-corrected chi connectivity index (χ0v) is 16.9. The van der Waals surface area contributed by atoms with Crippen LogP contribution in [0.3, 0.4) is 0 Å². The Hall–Kier alpha value is -3.66. The number of likely N-dealkylation sites (tertiary alicyclic amines) is 1. The fraction of sp³-hybridized carbons (Fsp3) is 0.304. The van der Waals surface area contributed by atoms with Gasteiger partial charge in [-0.15, -0.1) is 0 Å². The van der Waals surface area contributed by atoms with Gasteiger partial charge in [-0.2, -0.15) is 5.26 Å². The standard InChI is InChI=1S/C23H23N3O4/c1-15(17-8-4-3-5-9-17)26-14-19(12-21(26)27)23(29)30-16(2)22(28)25-20-11-7-6-10-18(20)13-24/h3-11,15-16,19H,12,14H2,1-2H3,(H,25,28)/t15-,16-,19-/m0/s1. The molecule has 1 N–H and O–H groups in total. The SMILES string of the molecule is C[C@H](OC(=O)[C@H]1CC(=O)N([C@@H](C)c2ccccc2)C1)C(=O)Nc1ccccc1C#N. The number of nitriles is 1. The molecule has 0 spiro atoms. The van der Waals surface area contributed by atoms with Crippen LogP contribution in [0.1, 0.15) is 37.4 Å². The molecule has 0 bridgehead atoms. The Morgan fingerprint density at radius 2 is 1.80 bits per heavy atom. The third kappa shape index (κ3) is 4.66. The highest BCUT2D eigenvalue weighted by molar-refractivity contribution is 5.96. The molecule has 2 aromatic carbocycles. The van der Waals surface area contributed by atoms with Crippen molar-refractivity contribution in [3.8, 4) is 6.07 Å². The third-order valence-electron chi connectivity index (χ3n) is 5.21. The van der Waals surface area contributed by atoms with Crippen molar-refractivity contribution in [3.05, 3.63) is 65.7 Å². The second-order valence-corrected chi connectivity index (χ2v) is 7.26. The van der Waals surface area contributed by atoms with Crippen LogP contribution in [0.4, 0.5) is 5.69 Å². The summed E-state index contributed by atoms with van der Waals surface area (Å²) in [4.78, 5) is 39.0. The van der Waals surface area contributed by atoms with Crippen molar-refractivity contribution in [1.82, 2.24) is 4.90 Å². The maximum atomic E-state index is 12.6. The maximum absolute atomic E-state index is 12.6. The maximum Gasteiger partial charge on any atom is 0.312 e. The summed E-state index contributed by atoms with van der Waals surface area (Å²) in [5.74, 6) is -1.86. The van der Waals surface area contributed by atoms with Gasteiger partial charge in [-0.25, -0.2) is 0 Å². The van der Waals surface area contributed by atoms with E-state index >= 15 is 0 Å². The van der Waals surface area contributed by atoms with Crippen LogP contribution in [-0.4, -0.2) is 35.3 Å². The van der Waals surface area contributed by atoms with Gasteiger partial charge in [-0.1, -0.05) is 42.5 Å². The van der Waals surface area contributed by atoms with E-state index in [0.717, 1.165) is 5.56 Å². The molecule has 1 aliphatic rings. The van der Waals surface area contributed by atoms with Gasteiger partial charge in [-0.3, -0.25) is 14.4 Å². The molecule has 3 rings (SSSR count). The van der Waals surface area contributed by atoms with Gasteiger partial charge < -0.3 is 15.0 Å². The van der Waals surface area contributed by atoms with E-state index in [-0.39, 0.29) is 24.9 Å². The van der Waals surface area contributed by atoms with Crippen LogP contribution in [0.5, 0.6) is 0 Å². The third-order valence-corrected chi connectivity index (χ3v) is 5.21. The van der Waals surface area contributed by atoms with Crippen LogP contribution < -0.4 is 5.32 Å². The first-order valence-electron chi connectivity index (χ1n) is 9.75. The van der Waals surface area contributed by atoms with Gasteiger partial charge in [0.1, 0.15) is 6.07 Å². The molecule has 1 fully saturated rings. The average molecular weight is 405 g/mol. The van der Waals surface area contributed by atoms with E-state index in [0.29, 0.717) is 11.3 Å². The molecular weight excluding hydrogens is 382 g/mol. The van der Waals surface area contributed by atoms with E-state index in [9.17, 15) is 14.4 Å². The first-order chi connectivity index (χ1) is 14.4. The van der Waals surface area contributed by atoms with Crippen molar-refractivity contribution in [2.75, 3.05) is 11.9 Å². The fourth-order valence-corrected chi connectivity index (χ4v) is 3.42. The van der Waals surface area contributed by atoms with Gasteiger partial charge in [0.25, 0.3) is 5.91 Å². The zero-order valence-electron chi connectivity index (χ0n) is 16.9. The number of carbonyl (C=O) groups is 3. The van der Waals surface area contributed by atoms with Crippen molar-refractivity contribution in [2.24, 2.45) is 5.92 Å². The molecule has 1 heterocycles. The van der Waals surface area contributed by atoms with Crippen molar-refractivity contribution < 1.29 is 19.1 Å². The van der Waals surface area contributed by atoms with Crippen LogP contribution in [0.2, 0.25) is 0 Å². The molecule has 1 saturated heterocycles. The van der Waals surface area contributed by atoms with E-state index in [1.165, 1.54) is 6.92 Å². The second kappa shape index (κ2) is 9.23. The molecule has 1 aliphatic heterocycles. The Kier molecular flexibility index (Phi) is 6.48. The van der Waals surface area contributed by atoms with Crippen molar-refractivity contribution in [3.63, 3.8) is 0 Å². The van der Waals surface area contributed by atoms with Gasteiger partial charge in [-0.05, 0) is 31.5 Å². The summed E-state index contributed by atoms with van der Waals surface area (Å²) in [5, 5.41) is 11.7. The van der Waals surface area contributed by atoms with Crippen LogP contribution >= 0.6 is 0 Å². The molecule has 0 saturated carbocycles. The lowest BCUT2D eigenvalue weighted by molar-refractivity contribution is -0.157. The number of hydrogen-bond acceptors (Lipinski definition) is 5. The molecule has 2 amide bonds. The molecule has 0 radical (unpaired) electrons. The number of nitrogens with one attached hydrogen (secondary N) is 1. The lowest BCUT2D eigenvalue weighted by Crippen LogP contribution is -2.34. The Balaban J connectivity index is 1.58. The highest BCUT2D eigenvalue weighted by atomic mass is 16.5. The molecule has 2 aromatic rings. The van der Waals surface area contributed by atoms with E-state index in [1.807, 2.05) is 43.3 Å². The summed E-state index contributed by atoms with van der Waals surface area (Å²) >= 11 is 0. The Labute approximate surface area is 175 Å². The number of benzene rings is 2. The molecule has 154 valence electrons. The largest absolute Gasteiger partial charge is 0.452 e. The van der Waals surface area contributed by atoms with Gasteiger partial charge in [0, 0.05) is 13.0 Å². The molecule has 0 aromatic heterocycles. The van der Waals surface area contributed by atoms with Crippen molar-refractivity contribution in [2.45, 2.75) is 32.4 Å². The second-order valence-electron chi connectivity index (χ2n) is 7.26. The molecule has 30 heavy (non-hydrogen) atoms. The Morgan fingerprint density at radius 3 is 2.50 bits per heavy atom. The van der Waals surface area contributed by atoms with Gasteiger partial charge >= 0.3 is 5.97 Å². The number of esters is 1. The average Bonchev–Trinajstić information content (AvgIpc) is 3.15. The minimum atomic E-state index is -1.06. The minimum Gasteiger partial charge on any atom is -0.452 e. The van der Waals surface area contributed by atoms with Gasteiger partial charge in [0.2, 0.25) is 5.91 Å². The summed E-state index contributed by atoms with van der Waals surface area (Å²) in [6.45, 7) is 3.63. The molecule has 7 heteroatoms. The molecule has 0 unspecified atom stereocenters. The topological polar surface area (TPSA) is 99.5 Å². The van der Waals surface area contributed by atoms with Crippen LogP contribution in [-0.2, 0) is 19.1 Å². The number of anilines is 1. The zero-order chi connectivity index (χ0) is 21.7. The summed E-state index contributed by atoms with van der Waals surface area (Å²) in [6.07, 6.45) is -0.998. The van der Waals surface area contributed by atoms with Crippen LogP contribution in [0.25, 0.3) is 0 Å². The number of carbonyl (C=O) groups excluding carboxylic acids is 3. The summed E-state index contributed by atoms with van der Waals surface area (Å²) in [7, 11) is 0. The first-order valence-corrected chi connectivity index (χ1v) is 9.75. The molecular formula is C23H23N3O4. The summed E-state index contributed by atoms with van der Waals surface area (Å²) in [5.41, 5.74) is 1.66. The lowest BCUT2D eigenvalue weighted by Gasteiger charge is -2.25. The number of para-hydroxylation sites is 1. The molecule has 3 atom stereocenters. The number of hydrogen-bond donors (Lipinski definition) is 1. The molecule has 0 aliphatic carbocycles. The highest BCUT2D eigenvalue weighted by Crippen LogP contribution is 2.29. The van der Waals surface area contributed by atoms with E-state index in [4.69, 9.17) is 10.00 Å². The number of amides is 2. The predicted octanol–water partition coefficient (Wildman–Crippen LogP) is 3.04. The van der Waals surface area contributed by atoms with E-state index in [2.05, 4.69) is 5.32 Å². The number of ether oxygens (including phenoxy) is 1. The summed E-state index contributed by atoms with van der Waals surface area (Å²) < 4.78 is 5.31. The predicted molar refractivity (Wildman–Crippen MR) is 110 cm³/mol. The van der Waals surface area contributed by atoms with Gasteiger partial charge in [0.05, 0.1) is 23.2 Å². The number of rotatable bonds is 6. The van der Waals surface area contributed by atoms with E-state index in [1.54, 1.807) is 29.2 Å². The highest BCUT2D eigenvalue weighted by Gasteiger charge is 2.38. The normalized spacial score (nSPS) is 17.7. The Bertz CT molecular complexity index is 983.